The van der Waals surface area contributed by atoms with Crippen LogP contribution < -0.4 is 4.90 Å². The van der Waals surface area contributed by atoms with Crippen molar-refractivity contribution in [3.8, 4) is 11.4 Å². The molecule has 0 unspecified atom stereocenters. The molecule has 0 saturated carbocycles. The summed E-state index contributed by atoms with van der Waals surface area (Å²) in [5, 5.41) is 14.3. The Labute approximate surface area is 185 Å². The molecular weight excluding hydrogens is 408 g/mol. The molecule has 8 heteroatoms. The van der Waals surface area contributed by atoms with E-state index in [-0.39, 0.29) is 0 Å². The molecule has 158 valence electrons. The highest BCUT2D eigenvalue weighted by molar-refractivity contribution is 7.98. The number of rotatable bonds is 6. The molecule has 0 aliphatic carbocycles. The topological polar surface area (TPSA) is 61.0 Å². The fraction of sp³-hybridized carbons (Fsp3) is 0.261. The summed E-state index contributed by atoms with van der Waals surface area (Å²) in [6.45, 7) is 5.17. The SMILES string of the molecule is Cc1ccc(-n2c(SCc3ccc(-n4cccn4)cc3)nnc2N2CCOCC2)cc1. The molecule has 0 atom stereocenters. The van der Waals surface area contributed by atoms with Crippen molar-refractivity contribution in [2.45, 2.75) is 17.8 Å². The van der Waals surface area contributed by atoms with Gasteiger partial charge in [0.15, 0.2) is 5.16 Å². The van der Waals surface area contributed by atoms with Crippen LogP contribution >= 0.6 is 11.8 Å². The van der Waals surface area contributed by atoms with Gasteiger partial charge in [-0.2, -0.15) is 5.10 Å². The van der Waals surface area contributed by atoms with Gasteiger partial charge in [-0.1, -0.05) is 41.6 Å². The summed E-state index contributed by atoms with van der Waals surface area (Å²) in [7, 11) is 0. The second-order valence-electron chi connectivity index (χ2n) is 7.46. The van der Waals surface area contributed by atoms with E-state index in [1.165, 1.54) is 11.1 Å². The van der Waals surface area contributed by atoms with Gasteiger partial charge in [-0.05, 0) is 42.8 Å². The maximum absolute atomic E-state index is 5.52. The molecule has 1 saturated heterocycles. The fourth-order valence-corrected chi connectivity index (χ4v) is 4.46. The predicted octanol–water partition coefficient (Wildman–Crippen LogP) is 3.89. The van der Waals surface area contributed by atoms with Gasteiger partial charge in [0.25, 0.3) is 0 Å². The number of aryl methyl sites for hydroxylation is 1. The smallest absolute Gasteiger partial charge is 0.232 e. The van der Waals surface area contributed by atoms with Crippen LogP contribution in [0.15, 0.2) is 72.1 Å². The molecule has 1 aliphatic heterocycles. The molecule has 0 bridgehead atoms. The van der Waals surface area contributed by atoms with E-state index in [2.05, 4.69) is 80.2 Å². The Hall–Kier alpha value is -3.10. The van der Waals surface area contributed by atoms with Crippen LogP contribution in [-0.2, 0) is 10.5 Å². The maximum Gasteiger partial charge on any atom is 0.232 e. The Balaban J connectivity index is 1.39. The van der Waals surface area contributed by atoms with Gasteiger partial charge in [0.1, 0.15) is 0 Å². The summed E-state index contributed by atoms with van der Waals surface area (Å²) < 4.78 is 9.54. The molecule has 0 N–H and O–H groups in total. The summed E-state index contributed by atoms with van der Waals surface area (Å²) in [6.07, 6.45) is 3.73. The molecule has 1 fully saturated rings. The van der Waals surface area contributed by atoms with E-state index in [0.29, 0.717) is 13.2 Å². The van der Waals surface area contributed by atoms with Gasteiger partial charge in [-0.3, -0.25) is 4.57 Å². The van der Waals surface area contributed by atoms with E-state index in [4.69, 9.17) is 4.74 Å². The Kier molecular flexibility index (Phi) is 5.73. The third-order valence-electron chi connectivity index (χ3n) is 5.28. The van der Waals surface area contributed by atoms with Gasteiger partial charge in [0.05, 0.1) is 24.6 Å². The standard InChI is InChI=1S/C23H24N6OS/c1-18-3-7-21(8-4-18)29-22(27-13-15-30-16-14-27)25-26-23(29)31-17-19-5-9-20(10-6-19)28-12-2-11-24-28/h2-12H,13-17H2,1H3. The van der Waals surface area contributed by atoms with Gasteiger partial charge in [0, 0.05) is 31.2 Å². The molecule has 0 amide bonds. The maximum atomic E-state index is 5.52. The van der Waals surface area contributed by atoms with E-state index in [9.17, 15) is 0 Å². The fourth-order valence-electron chi connectivity index (χ4n) is 3.56. The van der Waals surface area contributed by atoms with Crippen LogP contribution in [0.4, 0.5) is 5.95 Å². The first-order chi connectivity index (χ1) is 15.3. The number of hydrogen-bond donors (Lipinski definition) is 0. The minimum Gasteiger partial charge on any atom is -0.378 e. The average Bonchev–Trinajstić information content (AvgIpc) is 3.50. The molecular formula is C23H24N6OS. The van der Waals surface area contributed by atoms with Crippen LogP contribution in [0.25, 0.3) is 11.4 Å². The summed E-state index contributed by atoms with van der Waals surface area (Å²) in [6, 6.07) is 18.9. The zero-order valence-corrected chi connectivity index (χ0v) is 18.2. The Morgan fingerprint density at radius 1 is 0.935 bits per heavy atom. The molecule has 0 radical (unpaired) electrons. The first-order valence-corrected chi connectivity index (χ1v) is 11.3. The van der Waals surface area contributed by atoms with Crippen molar-refractivity contribution in [3.63, 3.8) is 0 Å². The van der Waals surface area contributed by atoms with E-state index in [1.54, 1.807) is 18.0 Å². The lowest BCUT2D eigenvalue weighted by atomic mass is 10.2. The van der Waals surface area contributed by atoms with Crippen LogP contribution in [0.2, 0.25) is 0 Å². The minimum atomic E-state index is 0.714. The highest BCUT2D eigenvalue weighted by atomic mass is 32.2. The van der Waals surface area contributed by atoms with E-state index in [0.717, 1.165) is 41.3 Å². The Morgan fingerprint density at radius 3 is 2.39 bits per heavy atom. The molecule has 2 aromatic carbocycles. The summed E-state index contributed by atoms with van der Waals surface area (Å²) in [5.41, 5.74) is 4.59. The number of ether oxygens (including phenoxy) is 1. The number of morpholine rings is 1. The molecule has 31 heavy (non-hydrogen) atoms. The summed E-state index contributed by atoms with van der Waals surface area (Å²) in [4.78, 5) is 2.25. The minimum absolute atomic E-state index is 0.714. The number of benzene rings is 2. The van der Waals surface area contributed by atoms with Gasteiger partial charge < -0.3 is 9.64 Å². The largest absolute Gasteiger partial charge is 0.378 e. The van der Waals surface area contributed by atoms with Crippen molar-refractivity contribution in [2.24, 2.45) is 0 Å². The van der Waals surface area contributed by atoms with Crippen LogP contribution in [0.3, 0.4) is 0 Å². The lowest BCUT2D eigenvalue weighted by Gasteiger charge is -2.28. The van der Waals surface area contributed by atoms with Crippen molar-refractivity contribution in [1.29, 1.82) is 0 Å². The van der Waals surface area contributed by atoms with Crippen molar-refractivity contribution in [1.82, 2.24) is 24.5 Å². The predicted molar refractivity (Wildman–Crippen MR) is 122 cm³/mol. The molecule has 4 aromatic rings. The number of nitrogens with zero attached hydrogens (tertiary/aromatic N) is 6. The molecule has 5 rings (SSSR count). The molecule has 2 aromatic heterocycles. The highest BCUT2D eigenvalue weighted by Crippen LogP contribution is 2.29. The Bertz CT molecular complexity index is 1120. The van der Waals surface area contributed by atoms with Crippen molar-refractivity contribution >= 4 is 17.7 Å². The number of hydrogen-bond acceptors (Lipinski definition) is 6. The highest BCUT2D eigenvalue weighted by Gasteiger charge is 2.21. The van der Waals surface area contributed by atoms with Gasteiger partial charge in [-0.15, -0.1) is 10.2 Å². The lowest BCUT2D eigenvalue weighted by molar-refractivity contribution is 0.122. The van der Waals surface area contributed by atoms with E-state index in [1.807, 2.05) is 16.9 Å². The first kappa shape index (κ1) is 19.8. The van der Waals surface area contributed by atoms with E-state index >= 15 is 0 Å². The third-order valence-corrected chi connectivity index (χ3v) is 6.28. The van der Waals surface area contributed by atoms with Crippen LogP contribution in [0.5, 0.6) is 0 Å². The normalized spacial score (nSPS) is 14.2. The molecule has 0 spiro atoms. The monoisotopic (exact) mass is 432 g/mol. The quantitative estimate of drug-likeness (QED) is 0.431. The molecule has 7 nitrogen and oxygen atoms in total. The van der Waals surface area contributed by atoms with Crippen molar-refractivity contribution in [3.05, 3.63) is 78.1 Å². The van der Waals surface area contributed by atoms with Gasteiger partial charge in [0.2, 0.25) is 5.95 Å². The number of aromatic nitrogens is 5. The average molecular weight is 433 g/mol. The first-order valence-electron chi connectivity index (χ1n) is 10.3. The van der Waals surface area contributed by atoms with Crippen LogP contribution in [0, 0.1) is 6.92 Å². The number of thioether (sulfide) groups is 1. The molecule has 1 aliphatic rings. The van der Waals surface area contributed by atoms with Gasteiger partial charge >= 0.3 is 0 Å². The lowest BCUT2D eigenvalue weighted by Crippen LogP contribution is -2.37. The van der Waals surface area contributed by atoms with Crippen molar-refractivity contribution in [2.75, 3.05) is 31.2 Å². The second-order valence-corrected chi connectivity index (χ2v) is 8.40. The third kappa shape index (κ3) is 4.35. The molecule has 3 heterocycles. The van der Waals surface area contributed by atoms with Crippen LogP contribution in [0.1, 0.15) is 11.1 Å². The van der Waals surface area contributed by atoms with Gasteiger partial charge in [-0.25, -0.2) is 4.68 Å². The Morgan fingerprint density at radius 2 is 1.68 bits per heavy atom. The van der Waals surface area contributed by atoms with Crippen LogP contribution in [-0.4, -0.2) is 50.8 Å². The second kappa shape index (κ2) is 8.95. The van der Waals surface area contributed by atoms with E-state index < -0.39 is 0 Å². The van der Waals surface area contributed by atoms with Crippen molar-refractivity contribution < 1.29 is 4.74 Å². The number of anilines is 1. The summed E-state index contributed by atoms with van der Waals surface area (Å²) >= 11 is 1.70. The zero-order valence-electron chi connectivity index (χ0n) is 17.4. The summed E-state index contributed by atoms with van der Waals surface area (Å²) in [5.74, 6) is 1.69. The zero-order chi connectivity index (χ0) is 21.0.